The third-order valence-corrected chi connectivity index (χ3v) is 2.26. The summed E-state index contributed by atoms with van der Waals surface area (Å²) >= 11 is 0. The summed E-state index contributed by atoms with van der Waals surface area (Å²) in [5, 5.41) is 0. The van der Waals surface area contributed by atoms with Crippen LogP contribution < -0.4 is 0 Å². The van der Waals surface area contributed by atoms with Crippen LogP contribution in [0.25, 0.3) is 0 Å². The molecule has 0 spiro atoms. The zero-order valence-electron chi connectivity index (χ0n) is 7.60. The number of hydrogen-bond acceptors (Lipinski definition) is 3. The van der Waals surface area contributed by atoms with Crippen molar-refractivity contribution in [2.45, 2.75) is 5.60 Å². The summed E-state index contributed by atoms with van der Waals surface area (Å²) in [7, 11) is 0. The summed E-state index contributed by atoms with van der Waals surface area (Å²) < 4.78 is 9.89. The van der Waals surface area contributed by atoms with Crippen molar-refractivity contribution in [1.29, 1.82) is 0 Å². The molecular formula is C11H10O3. The zero-order valence-corrected chi connectivity index (χ0v) is 7.60. The highest BCUT2D eigenvalue weighted by Gasteiger charge is 2.41. The van der Waals surface area contributed by atoms with E-state index >= 15 is 0 Å². The minimum atomic E-state index is -0.807. The zero-order chi connectivity index (χ0) is 10.0. The van der Waals surface area contributed by atoms with E-state index in [4.69, 9.17) is 9.47 Å². The van der Waals surface area contributed by atoms with Crippen molar-refractivity contribution in [2.75, 3.05) is 6.61 Å². The Bertz CT molecular complexity index is 358. The lowest BCUT2D eigenvalue weighted by atomic mass is 9.95. The molecule has 0 radical (unpaired) electrons. The highest BCUT2D eigenvalue weighted by Crippen LogP contribution is 2.32. The maximum absolute atomic E-state index is 10.9. The average Bonchev–Trinajstić information content (AvgIpc) is 2.63. The van der Waals surface area contributed by atoms with E-state index in [9.17, 15) is 4.79 Å². The van der Waals surface area contributed by atoms with Crippen LogP contribution in [0.1, 0.15) is 5.56 Å². The van der Waals surface area contributed by atoms with Crippen molar-refractivity contribution in [3.8, 4) is 0 Å². The first-order valence-electron chi connectivity index (χ1n) is 4.32. The summed E-state index contributed by atoms with van der Waals surface area (Å²) in [5.74, 6) is 0. The van der Waals surface area contributed by atoms with Gasteiger partial charge in [-0.25, -0.2) is 4.79 Å². The van der Waals surface area contributed by atoms with Crippen LogP contribution in [0.15, 0.2) is 43.0 Å². The van der Waals surface area contributed by atoms with Gasteiger partial charge < -0.3 is 9.47 Å². The average molecular weight is 190 g/mol. The first-order chi connectivity index (χ1) is 6.77. The van der Waals surface area contributed by atoms with E-state index in [0.717, 1.165) is 5.56 Å². The number of hydrogen-bond donors (Lipinski definition) is 0. The number of rotatable bonds is 2. The fourth-order valence-electron chi connectivity index (χ4n) is 1.45. The van der Waals surface area contributed by atoms with Gasteiger partial charge >= 0.3 is 6.16 Å². The standard InChI is InChI=1S/C11H10O3/c1-2-11(8-13-10(12)14-11)9-6-4-3-5-7-9/h2-7H,1,8H2/t11-/m1/s1. The topological polar surface area (TPSA) is 35.5 Å². The molecular weight excluding hydrogens is 180 g/mol. The van der Waals surface area contributed by atoms with Crippen LogP contribution in [0.5, 0.6) is 0 Å². The quantitative estimate of drug-likeness (QED) is 0.530. The fourth-order valence-corrected chi connectivity index (χ4v) is 1.45. The molecule has 0 bridgehead atoms. The molecule has 72 valence electrons. The number of cyclic esters (lactones) is 2. The smallest absolute Gasteiger partial charge is 0.429 e. The SMILES string of the molecule is C=C[C@]1(c2ccccc2)COC(=O)O1. The summed E-state index contributed by atoms with van der Waals surface area (Å²) in [6.45, 7) is 3.86. The Morgan fingerprint density at radius 3 is 2.57 bits per heavy atom. The van der Waals surface area contributed by atoms with Crippen molar-refractivity contribution >= 4 is 6.16 Å². The predicted molar refractivity (Wildman–Crippen MR) is 50.8 cm³/mol. The Hall–Kier alpha value is -1.77. The summed E-state index contributed by atoms with van der Waals surface area (Å²) in [5.41, 5.74) is 0.0686. The molecule has 3 nitrogen and oxygen atoms in total. The molecule has 1 saturated heterocycles. The Balaban J connectivity index is 2.39. The third kappa shape index (κ3) is 1.27. The Morgan fingerprint density at radius 2 is 2.07 bits per heavy atom. The molecule has 1 aromatic rings. The van der Waals surface area contributed by atoms with Gasteiger partial charge in [-0.3, -0.25) is 0 Å². The van der Waals surface area contributed by atoms with E-state index in [1.54, 1.807) is 6.08 Å². The normalized spacial score (nSPS) is 25.3. The monoisotopic (exact) mass is 190 g/mol. The Labute approximate surface area is 81.9 Å². The van der Waals surface area contributed by atoms with Crippen molar-refractivity contribution < 1.29 is 14.3 Å². The van der Waals surface area contributed by atoms with Crippen molar-refractivity contribution in [2.24, 2.45) is 0 Å². The van der Waals surface area contributed by atoms with E-state index < -0.39 is 11.8 Å². The summed E-state index contributed by atoms with van der Waals surface area (Å²) in [4.78, 5) is 10.9. The van der Waals surface area contributed by atoms with Crippen LogP contribution in [0.3, 0.4) is 0 Å². The van der Waals surface area contributed by atoms with Gasteiger partial charge in [-0.05, 0) is 6.08 Å². The fraction of sp³-hybridized carbons (Fsp3) is 0.182. The maximum atomic E-state index is 10.9. The van der Waals surface area contributed by atoms with Gasteiger partial charge in [-0.15, -0.1) is 0 Å². The lowest BCUT2D eigenvalue weighted by Crippen LogP contribution is -2.25. The molecule has 0 N–H and O–H groups in total. The molecule has 1 fully saturated rings. The molecule has 2 rings (SSSR count). The minimum Gasteiger partial charge on any atom is -0.429 e. The molecule has 1 atom stereocenters. The molecule has 0 aromatic heterocycles. The second kappa shape index (κ2) is 3.18. The summed E-state index contributed by atoms with van der Waals surface area (Å²) in [6.07, 6.45) is 0.946. The Morgan fingerprint density at radius 1 is 1.36 bits per heavy atom. The molecule has 0 aliphatic carbocycles. The van der Waals surface area contributed by atoms with Gasteiger partial charge in [0.2, 0.25) is 0 Å². The first-order valence-corrected chi connectivity index (χ1v) is 4.32. The third-order valence-electron chi connectivity index (χ3n) is 2.26. The second-order valence-electron chi connectivity index (χ2n) is 3.10. The molecule has 1 aliphatic heterocycles. The van der Waals surface area contributed by atoms with E-state index in [1.807, 2.05) is 30.3 Å². The van der Waals surface area contributed by atoms with Crippen LogP contribution in [0.2, 0.25) is 0 Å². The first kappa shape index (κ1) is 8.81. The number of carbonyl (C=O) groups excluding carboxylic acids is 1. The van der Waals surface area contributed by atoms with Gasteiger partial charge in [-0.2, -0.15) is 0 Å². The van der Waals surface area contributed by atoms with Gasteiger partial charge in [0.05, 0.1) is 0 Å². The lowest BCUT2D eigenvalue weighted by Gasteiger charge is -2.20. The van der Waals surface area contributed by atoms with E-state index in [1.165, 1.54) is 0 Å². The van der Waals surface area contributed by atoms with Crippen LogP contribution in [-0.2, 0) is 15.1 Å². The van der Waals surface area contributed by atoms with Crippen molar-refractivity contribution in [1.82, 2.24) is 0 Å². The molecule has 1 heterocycles. The molecule has 3 heteroatoms. The minimum absolute atomic E-state index is 0.194. The van der Waals surface area contributed by atoms with E-state index in [2.05, 4.69) is 6.58 Å². The van der Waals surface area contributed by atoms with Crippen LogP contribution in [-0.4, -0.2) is 12.8 Å². The maximum Gasteiger partial charge on any atom is 0.509 e. The van der Waals surface area contributed by atoms with Crippen molar-refractivity contribution in [3.63, 3.8) is 0 Å². The van der Waals surface area contributed by atoms with Crippen LogP contribution in [0.4, 0.5) is 4.79 Å². The Kier molecular flexibility index (Phi) is 2.00. The largest absolute Gasteiger partial charge is 0.509 e. The van der Waals surface area contributed by atoms with E-state index in [0.29, 0.717) is 0 Å². The van der Waals surface area contributed by atoms with Gasteiger partial charge in [-0.1, -0.05) is 36.9 Å². The number of benzene rings is 1. The predicted octanol–water partition coefficient (Wildman–Crippen LogP) is 2.23. The lowest BCUT2D eigenvalue weighted by molar-refractivity contribution is 0.0888. The van der Waals surface area contributed by atoms with Gasteiger partial charge in [0.1, 0.15) is 6.61 Å². The highest BCUT2D eigenvalue weighted by atomic mass is 16.8. The van der Waals surface area contributed by atoms with Crippen LogP contribution in [0, 0.1) is 0 Å². The number of carbonyl (C=O) groups is 1. The van der Waals surface area contributed by atoms with Gasteiger partial charge in [0, 0.05) is 5.56 Å². The molecule has 1 aliphatic rings. The molecule has 0 unspecified atom stereocenters. The molecule has 0 saturated carbocycles. The van der Waals surface area contributed by atoms with E-state index in [-0.39, 0.29) is 6.61 Å². The van der Waals surface area contributed by atoms with Gasteiger partial charge in [0.25, 0.3) is 0 Å². The van der Waals surface area contributed by atoms with Crippen molar-refractivity contribution in [3.05, 3.63) is 48.6 Å². The second-order valence-corrected chi connectivity index (χ2v) is 3.10. The molecule has 0 amide bonds. The highest BCUT2D eigenvalue weighted by molar-refractivity contribution is 5.64. The molecule has 14 heavy (non-hydrogen) atoms. The van der Waals surface area contributed by atoms with Gasteiger partial charge in [0.15, 0.2) is 5.60 Å². The van der Waals surface area contributed by atoms with Crippen LogP contribution >= 0.6 is 0 Å². The summed E-state index contributed by atoms with van der Waals surface area (Å²) in [6, 6.07) is 9.42. The number of ether oxygens (including phenoxy) is 2. The molecule has 1 aromatic carbocycles.